The van der Waals surface area contributed by atoms with Crippen LogP contribution in [0, 0.1) is 6.92 Å². The highest BCUT2D eigenvalue weighted by Gasteiger charge is 2.26. The molecule has 5 nitrogen and oxygen atoms in total. The van der Waals surface area contributed by atoms with Crippen LogP contribution in [0.5, 0.6) is 0 Å². The number of rotatable bonds is 2. The second-order valence-electron chi connectivity index (χ2n) is 3.71. The highest BCUT2D eigenvalue weighted by atomic mass is 35.5. The summed E-state index contributed by atoms with van der Waals surface area (Å²) in [6, 6.07) is 0. The Labute approximate surface area is 112 Å². The third kappa shape index (κ3) is 3.38. The lowest BCUT2D eigenvalue weighted by atomic mass is 10.4. The van der Waals surface area contributed by atoms with Gasteiger partial charge in [-0.05, 0) is 19.9 Å². The highest BCUT2D eigenvalue weighted by Crippen LogP contribution is 2.22. The summed E-state index contributed by atoms with van der Waals surface area (Å²) >= 11 is 1.23. The van der Waals surface area contributed by atoms with Crippen molar-refractivity contribution < 1.29 is 8.42 Å². The van der Waals surface area contributed by atoms with Gasteiger partial charge in [0.2, 0.25) is 0 Å². The molecule has 1 aromatic rings. The zero-order valence-electron chi connectivity index (χ0n) is 9.55. The number of nitrogens with zero attached hydrogens (tertiary/aromatic N) is 2. The fraction of sp³-hybridized carbons (Fsp3) is 0.667. The third-order valence-corrected chi connectivity index (χ3v) is 5.74. The molecule has 0 unspecified atom stereocenters. The standard InChI is InChI=1S/C9H15N3O2S2.ClH/c1-8-11-7-9(15-8)16(13,14)12-5-2-3-10-4-6-12;/h7,10H,2-6H2,1H3;1H. The molecule has 8 heteroatoms. The number of sulfonamides is 1. The van der Waals surface area contributed by atoms with E-state index in [-0.39, 0.29) is 12.4 Å². The number of halogens is 1. The molecular formula is C9H16ClN3O2S2. The zero-order chi connectivity index (χ0) is 11.6. The Kier molecular flexibility index (Phi) is 5.33. The normalized spacial score (nSPS) is 18.4. The molecule has 1 N–H and O–H groups in total. The van der Waals surface area contributed by atoms with E-state index in [0.717, 1.165) is 24.5 Å². The summed E-state index contributed by atoms with van der Waals surface area (Å²) in [5.74, 6) is 0. The Bertz CT molecular complexity index is 453. The molecule has 98 valence electrons. The lowest BCUT2D eigenvalue weighted by molar-refractivity contribution is 0.433. The Morgan fingerprint density at radius 2 is 2.18 bits per heavy atom. The van der Waals surface area contributed by atoms with Gasteiger partial charge in [-0.15, -0.1) is 23.7 Å². The molecule has 1 fully saturated rings. The first kappa shape index (κ1) is 14.8. The zero-order valence-corrected chi connectivity index (χ0v) is 12.0. The second kappa shape index (κ2) is 6.10. The molecule has 1 aliphatic rings. The molecule has 1 aromatic heterocycles. The molecule has 0 aliphatic carbocycles. The summed E-state index contributed by atoms with van der Waals surface area (Å²) in [6.45, 7) is 4.55. The van der Waals surface area contributed by atoms with E-state index in [1.807, 2.05) is 6.92 Å². The lowest BCUT2D eigenvalue weighted by Crippen LogP contribution is -2.33. The topological polar surface area (TPSA) is 62.3 Å². The Hall–Kier alpha value is -0.210. The molecule has 0 atom stereocenters. The van der Waals surface area contributed by atoms with Crippen molar-refractivity contribution in [3.05, 3.63) is 11.2 Å². The maximum Gasteiger partial charge on any atom is 0.254 e. The number of hydrogen-bond donors (Lipinski definition) is 1. The van der Waals surface area contributed by atoms with Crippen LogP contribution in [0.4, 0.5) is 0 Å². The van der Waals surface area contributed by atoms with Gasteiger partial charge < -0.3 is 5.32 Å². The van der Waals surface area contributed by atoms with Crippen LogP contribution in [-0.4, -0.2) is 43.9 Å². The molecule has 2 heterocycles. The predicted molar refractivity (Wildman–Crippen MR) is 70.3 cm³/mol. The molecule has 17 heavy (non-hydrogen) atoms. The summed E-state index contributed by atoms with van der Waals surface area (Å²) in [5, 5.41) is 3.97. The first-order valence-electron chi connectivity index (χ1n) is 5.24. The molecule has 0 saturated carbocycles. The Morgan fingerprint density at radius 1 is 1.41 bits per heavy atom. The van der Waals surface area contributed by atoms with Gasteiger partial charge in [0.1, 0.15) is 0 Å². The molecule has 0 aromatic carbocycles. The van der Waals surface area contributed by atoms with E-state index in [1.165, 1.54) is 17.5 Å². The van der Waals surface area contributed by atoms with E-state index in [2.05, 4.69) is 10.3 Å². The van der Waals surface area contributed by atoms with Gasteiger partial charge in [-0.3, -0.25) is 0 Å². The van der Waals surface area contributed by atoms with Crippen LogP contribution in [0.15, 0.2) is 10.4 Å². The van der Waals surface area contributed by atoms with Crippen LogP contribution >= 0.6 is 23.7 Å². The summed E-state index contributed by atoms with van der Waals surface area (Å²) in [5.41, 5.74) is 0. The molecule has 0 amide bonds. The molecule has 2 rings (SSSR count). The minimum absolute atomic E-state index is 0. The minimum atomic E-state index is -3.32. The van der Waals surface area contributed by atoms with Crippen molar-refractivity contribution in [2.24, 2.45) is 0 Å². The SMILES string of the molecule is Cc1ncc(S(=O)(=O)N2CCCNCC2)s1.Cl. The number of aromatic nitrogens is 1. The summed E-state index contributed by atoms with van der Waals surface area (Å²) in [6.07, 6.45) is 2.31. The van der Waals surface area contributed by atoms with Crippen LogP contribution in [0.25, 0.3) is 0 Å². The van der Waals surface area contributed by atoms with Crippen molar-refractivity contribution >= 4 is 33.8 Å². The van der Waals surface area contributed by atoms with Crippen LogP contribution in [0.2, 0.25) is 0 Å². The second-order valence-corrected chi connectivity index (χ2v) is 7.11. The molecule has 0 bridgehead atoms. The van der Waals surface area contributed by atoms with E-state index in [1.54, 1.807) is 4.31 Å². The molecule has 0 radical (unpaired) electrons. The fourth-order valence-electron chi connectivity index (χ4n) is 1.65. The smallest absolute Gasteiger partial charge is 0.254 e. The van der Waals surface area contributed by atoms with Crippen LogP contribution in [0.3, 0.4) is 0 Å². The number of hydrogen-bond acceptors (Lipinski definition) is 5. The van der Waals surface area contributed by atoms with Gasteiger partial charge in [-0.1, -0.05) is 0 Å². The summed E-state index contributed by atoms with van der Waals surface area (Å²) < 4.78 is 26.3. The van der Waals surface area contributed by atoms with Gasteiger partial charge in [-0.25, -0.2) is 13.4 Å². The van der Waals surface area contributed by atoms with Crippen LogP contribution in [0.1, 0.15) is 11.4 Å². The van der Waals surface area contributed by atoms with Crippen molar-refractivity contribution in [3.63, 3.8) is 0 Å². The quantitative estimate of drug-likeness (QED) is 0.879. The van der Waals surface area contributed by atoms with Crippen molar-refractivity contribution in [3.8, 4) is 0 Å². The fourth-order valence-corrected chi connectivity index (χ4v) is 4.39. The van der Waals surface area contributed by atoms with Crippen molar-refractivity contribution in [1.29, 1.82) is 0 Å². The maximum absolute atomic E-state index is 12.2. The molecule has 1 saturated heterocycles. The average Bonchev–Trinajstić information content (AvgIpc) is 2.54. The van der Waals surface area contributed by atoms with Crippen LogP contribution < -0.4 is 5.32 Å². The van der Waals surface area contributed by atoms with Gasteiger partial charge in [-0.2, -0.15) is 4.31 Å². The average molecular weight is 298 g/mol. The highest BCUT2D eigenvalue weighted by molar-refractivity contribution is 7.91. The van der Waals surface area contributed by atoms with Gasteiger partial charge >= 0.3 is 0 Å². The number of aryl methyl sites for hydroxylation is 1. The first-order chi connectivity index (χ1) is 7.60. The van der Waals surface area contributed by atoms with Crippen molar-refractivity contribution in [2.75, 3.05) is 26.2 Å². The van der Waals surface area contributed by atoms with E-state index in [9.17, 15) is 8.42 Å². The third-order valence-electron chi connectivity index (χ3n) is 2.49. The minimum Gasteiger partial charge on any atom is -0.315 e. The van der Waals surface area contributed by atoms with Crippen molar-refractivity contribution in [2.45, 2.75) is 17.6 Å². The van der Waals surface area contributed by atoms with Gasteiger partial charge in [0.25, 0.3) is 10.0 Å². The first-order valence-corrected chi connectivity index (χ1v) is 7.49. The van der Waals surface area contributed by atoms with Gasteiger partial charge in [0.15, 0.2) is 4.21 Å². The van der Waals surface area contributed by atoms with E-state index >= 15 is 0 Å². The Morgan fingerprint density at radius 3 is 2.82 bits per heavy atom. The lowest BCUT2D eigenvalue weighted by Gasteiger charge is -2.17. The Balaban J connectivity index is 0.00000144. The molecule has 1 aliphatic heterocycles. The summed E-state index contributed by atoms with van der Waals surface area (Å²) in [7, 11) is -3.32. The predicted octanol–water partition coefficient (Wildman–Crippen LogP) is 0.857. The monoisotopic (exact) mass is 297 g/mol. The van der Waals surface area contributed by atoms with Crippen molar-refractivity contribution in [1.82, 2.24) is 14.6 Å². The maximum atomic E-state index is 12.2. The van der Waals surface area contributed by atoms with E-state index < -0.39 is 10.0 Å². The van der Waals surface area contributed by atoms with Crippen LogP contribution in [-0.2, 0) is 10.0 Å². The van der Waals surface area contributed by atoms with Gasteiger partial charge in [0.05, 0.1) is 11.2 Å². The summed E-state index contributed by atoms with van der Waals surface area (Å²) in [4.78, 5) is 4.00. The molecule has 0 spiro atoms. The number of nitrogens with one attached hydrogen (secondary N) is 1. The largest absolute Gasteiger partial charge is 0.315 e. The number of thiazole rings is 1. The molecular weight excluding hydrogens is 282 g/mol. The van der Waals surface area contributed by atoms with E-state index in [4.69, 9.17) is 0 Å². The van der Waals surface area contributed by atoms with E-state index in [0.29, 0.717) is 17.3 Å². The van der Waals surface area contributed by atoms with Gasteiger partial charge in [0, 0.05) is 19.6 Å².